The van der Waals surface area contributed by atoms with Gasteiger partial charge in [-0.25, -0.2) is 0 Å². The average Bonchev–Trinajstić information content (AvgIpc) is 0.918. The maximum absolute atomic E-state index is 4.76. The summed E-state index contributed by atoms with van der Waals surface area (Å²) in [4.78, 5) is 0. The van der Waals surface area contributed by atoms with Crippen molar-refractivity contribution in [2.75, 3.05) is 5.34 Å². The van der Waals surface area contributed by atoms with E-state index in [0.717, 1.165) is 0 Å². The maximum atomic E-state index is 4.76. The fraction of sp³-hybridized carbons (Fsp3) is 1.00. The fourth-order valence-electron chi connectivity index (χ4n) is 0. The van der Waals surface area contributed by atoms with Crippen LogP contribution in [0.5, 0.6) is 0 Å². The third-order valence-corrected chi connectivity index (χ3v) is 0. The van der Waals surface area contributed by atoms with Crippen LogP contribution in [0.15, 0.2) is 0 Å². The van der Waals surface area contributed by atoms with Gasteiger partial charge in [-0.15, -0.1) is 23.2 Å². The molecule has 0 aliphatic rings. The predicted molar refractivity (Wildman–Crippen MR) is 16.6 cm³/mol. The second-order valence-corrected chi connectivity index (χ2v) is 0.909. The molecule has 0 aromatic rings. The van der Waals surface area contributed by atoms with Crippen molar-refractivity contribution in [3.63, 3.8) is 0 Å². The van der Waals surface area contributed by atoms with Gasteiger partial charge in [0.2, 0.25) is 0 Å². The summed E-state index contributed by atoms with van der Waals surface area (Å²) in [6.45, 7) is 0. The van der Waals surface area contributed by atoms with Gasteiger partial charge in [-0.3, -0.25) is 0 Å². The van der Waals surface area contributed by atoms with E-state index < -0.39 is 0 Å². The molecule has 1 radical (unpaired) electrons. The number of alkyl halides is 2. The van der Waals surface area contributed by atoms with E-state index in [0.29, 0.717) is 0 Å². The summed E-state index contributed by atoms with van der Waals surface area (Å²) in [5.74, 6) is 0. The molecule has 0 saturated carbocycles. The smallest absolute Gasteiger partial charge is 0.0967 e. The van der Waals surface area contributed by atoms with Crippen LogP contribution in [0.1, 0.15) is 0 Å². The molecule has 0 saturated heterocycles. The monoisotopic (exact) mass is 143 g/mol. The molecular weight excluding hydrogens is 142 g/mol. The molecule has 4 heavy (non-hydrogen) atoms. The van der Waals surface area contributed by atoms with E-state index in [9.17, 15) is 0 Å². The van der Waals surface area contributed by atoms with Crippen LogP contribution in [-0.4, -0.2) is 5.34 Å². The molecule has 0 amide bonds. The van der Waals surface area contributed by atoms with Gasteiger partial charge >= 0.3 is 0 Å². The molecule has 0 nitrogen and oxygen atoms in total. The minimum atomic E-state index is 0. The van der Waals surface area contributed by atoms with Crippen molar-refractivity contribution in [2.24, 2.45) is 0 Å². The van der Waals surface area contributed by atoms with E-state index in [1.807, 2.05) is 0 Å². The number of halogens is 2. The molecule has 0 heterocycles. The predicted octanol–water partition coefficient (Wildman–Crippen LogP) is 1.42. The second-order valence-electron chi connectivity index (χ2n) is 0.101. The second kappa shape index (κ2) is 8.94. The molecular formula is CH2Cl2Co. The van der Waals surface area contributed by atoms with Gasteiger partial charge in [0.15, 0.2) is 0 Å². The Morgan fingerprint density at radius 2 is 1.25 bits per heavy atom. The number of rotatable bonds is 0. The van der Waals surface area contributed by atoms with Gasteiger partial charge in [0.1, 0.15) is 0 Å². The molecule has 0 bridgehead atoms. The van der Waals surface area contributed by atoms with Crippen molar-refractivity contribution in [3.8, 4) is 0 Å². The Hall–Kier alpha value is 1.09. The fourth-order valence-corrected chi connectivity index (χ4v) is 0. The van der Waals surface area contributed by atoms with Gasteiger partial charge in [-0.1, -0.05) is 0 Å². The van der Waals surface area contributed by atoms with Crippen molar-refractivity contribution in [2.45, 2.75) is 0 Å². The quantitative estimate of drug-likeness (QED) is 0.451. The molecule has 0 aliphatic heterocycles. The SMILES string of the molecule is ClCCl.[Co]. The Bertz CT molecular complexity index is 6.00. The molecule has 3 heteroatoms. The molecule has 0 N–H and O–H groups in total. The first kappa shape index (κ1) is 8.92. The third-order valence-electron chi connectivity index (χ3n) is 0. The summed E-state index contributed by atoms with van der Waals surface area (Å²) in [5, 5.41) is 0.194. The Morgan fingerprint density at radius 3 is 1.25 bits per heavy atom. The first-order valence-electron chi connectivity index (χ1n) is 0.535. The van der Waals surface area contributed by atoms with Crippen LogP contribution in [0, 0.1) is 0 Å². The maximum Gasteiger partial charge on any atom is 0.0967 e. The van der Waals surface area contributed by atoms with Crippen LogP contribution < -0.4 is 0 Å². The molecule has 29 valence electrons. The molecule has 0 rings (SSSR count). The van der Waals surface area contributed by atoms with Gasteiger partial charge in [0, 0.05) is 16.8 Å². The number of hydrogen-bond acceptors (Lipinski definition) is 0. The Morgan fingerprint density at radius 1 is 1.25 bits per heavy atom. The minimum Gasteiger partial charge on any atom is -0.109 e. The van der Waals surface area contributed by atoms with Crippen LogP contribution >= 0.6 is 23.2 Å². The van der Waals surface area contributed by atoms with E-state index in [4.69, 9.17) is 23.2 Å². The van der Waals surface area contributed by atoms with Gasteiger partial charge in [-0.2, -0.15) is 0 Å². The van der Waals surface area contributed by atoms with Crippen molar-refractivity contribution in [1.29, 1.82) is 0 Å². The van der Waals surface area contributed by atoms with Crippen LogP contribution in [0.3, 0.4) is 0 Å². The summed E-state index contributed by atoms with van der Waals surface area (Å²) < 4.78 is 0. The Balaban J connectivity index is 0. The zero-order valence-corrected chi connectivity index (χ0v) is 4.35. The standard InChI is InChI=1S/CH2Cl2.Co/c2-1-3;/h1H2;. The summed E-state index contributed by atoms with van der Waals surface area (Å²) in [6.07, 6.45) is 0. The van der Waals surface area contributed by atoms with Crippen LogP contribution in [-0.2, 0) is 16.8 Å². The largest absolute Gasteiger partial charge is 0.109 e. The number of hydrogen-bond donors (Lipinski definition) is 0. The van der Waals surface area contributed by atoms with E-state index in [1.165, 1.54) is 0 Å². The molecule has 0 aromatic carbocycles. The average molecular weight is 144 g/mol. The van der Waals surface area contributed by atoms with Crippen molar-refractivity contribution < 1.29 is 16.8 Å². The zero-order valence-electron chi connectivity index (χ0n) is 1.80. The molecule has 0 unspecified atom stereocenters. The third kappa shape index (κ3) is 11.4. The molecule has 0 spiro atoms. The van der Waals surface area contributed by atoms with Gasteiger partial charge in [0.25, 0.3) is 0 Å². The van der Waals surface area contributed by atoms with E-state index >= 15 is 0 Å². The van der Waals surface area contributed by atoms with E-state index in [2.05, 4.69) is 0 Å². The van der Waals surface area contributed by atoms with Crippen molar-refractivity contribution in [3.05, 3.63) is 0 Å². The van der Waals surface area contributed by atoms with Crippen molar-refractivity contribution >= 4 is 23.2 Å². The van der Waals surface area contributed by atoms with Crippen LogP contribution in [0.25, 0.3) is 0 Å². The van der Waals surface area contributed by atoms with Gasteiger partial charge in [-0.05, 0) is 0 Å². The van der Waals surface area contributed by atoms with Crippen molar-refractivity contribution in [1.82, 2.24) is 0 Å². The summed E-state index contributed by atoms with van der Waals surface area (Å²) in [6, 6.07) is 0. The van der Waals surface area contributed by atoms with E-state index in [1.54, 1.807) is 0 Å². The molecule has 0 fully saturated rings. The first-order valence-corrected chi connectivity index (χ1v) is 1.60. The summed E-state index contributed by atoms with van der Waals surface area (Å²) >= 11 is 9.53. The normalized spacial score (nSPS) is 4.50. The van der Waals surface area contributed by atoms with E-state index in [-0.39, 0.29) is 22.1 Å². The van der Waals surface area contributed by atoms with Gasteiger partial charge < -0.3 is 0 Å². The topological polar surface area (TPSA) is 0 Å². The summed E-state index contributed by atoms with van der Waals surface area (Å²) in [5.41, 5.74) is 0. The molecule has 0 aliphatic carbocycles. The minimum absolute atomic E-state index is 0. The van der Waals surface area contributed by atoms with Crippen LogP contribution in [0.4, 0.5) is 0 Å². The first-order chi connectivity index (χ1) is 1.41. The Kier molecular flexibility index (Phi) is 19.9. The Labute approximate surface area is 45.7 Å². The van der Waals surface area contributed by atoms with Gasteiger partial charge in [0.05, 0.1) is 5.34 Å². The molecule has 0 atom stereocenters. The van der Waals surface area contributed by atoms with Crippen LogP contribution in [0.2, 0.25) is 0 Å². The zero-order chi connectivity index (χ0) is 2.71. The molecule has 0 aromatic heterocycles. The summed E-state index contributed by atoms with van der Waals surface area (Å²) in [7, 11) is 0.